The number of anilines is 2. The van der Waals surface area contributed by atoms with Crippen LogP contribution in [0.5, 0.6) is 0 Å². The summed E-state index contributed by atoms with van der Waals surface area (Å²) in [5, 5.41) is 0. The van der Waals surface area contributed by atoms with E-state index in [-0.39, 0.29) is 24.4 Å². The number of nitrogens with zero attached hydrogens (tertiary/aromatic N) is 2. The zero-order chi connectivity index (χ0) is 17.3. The number of rotatable bonds is 3. The Morgan fingerprint density at radius 2 is 1.42 bits per heavy atom. The Morgan fingerprint density at radius 3 is 1.92 bits per heavy atom. The molecule has 1 aliphatic rings. The maximum atomic E-state index is 13.1. The van der Waals surface area contributed by atoms with Crippen molar-refractivity contribution in [3.05, 3.63) is 72.3 Å². The molecule has 24 heavy (non-hydrogen) atoms. The molecule has 0 bridgehead atoms. The molecule has 4 heteroatoms. The van der Waals surface area contributed by atoms with Crippen LogP contribution in [0.15, 0.2) is 61.2 Å². The first kappa shape index (κ1) is 16.0. The van der Waals surface area contributed by atoms with Crippen LogP contribution < -0.4 is 9.80 Å². The molecule has 1 heterocycles. The molecule has 4 nitrogen and oxygen atoms in total. The molecule has 0 N–H and O–H groups in total. The van der Waals surface area contributed by atoms with Gasteiger partial charge < -0.3 is 0 Å². The summed E-state index contributed by atoms with van der Waals surface area (Å²) in [6.07, 6.45) is 1.87. The fraction of sp³-hybridized carbons (Fsp3) is 0.200. The molecule has 0 spiro atoms. The molecule has 2 aromatic carbocycles. The first-order valence-electron chi connectivity index (χ1n) is 7.93. The van der Waals surface area contributed by atoms with Crippen molar-refractivity contribution < 1.29 is 9.59 Å². The Morgan fingerprint density at radius 1 is 0.917 bits per heavy atom. The number of aryl methyl sites for hydroxylation is 2. The van der Waals surface area contributed by atoms with Crippen molar-refractivity contribution in [3.63, 3.8) is 0 Å². The molecule has 3 amide bonds. The summed E-state index contributed by atoms with van der Waals surface area (Å²) in [5.41, 5.74) is 3.55. The van der Waals surface area contributed by atoms with Crippen molar-refractivity contribution in [1.82, 2.24) is 0 Å². The van der Waals surface area contributed by atoms with E-state index in [9.17, 15) is 9.59 Å². The lowest BCUT2D eigenvalue weighted by molar-refractivity contribution is -0.118. The van der Waals surface area contributed by atoms with E-state index in [0.717, 1.165) is 16.8 Å². The van der Waals surface area contributed by atoms with Gasteiger partial charge in [-0.1, -0.05) is 41.5 Å². The quantitative estimate of drug-likeness (QED) is 0.794. The molecular weight excluding hydrogens is 300 g/mol. The van der Waals surface area contributed by atoms with Crippen LogP contribution in [0, 0.1) is 13.8 Å². The number of carbonyl (C=O) groups excluding carboxylic acids is 2. The topological polar surface area (TPSA) is 40.6 Å². The second kappa shape index (κ2) is 6.32. The van der Waals surface area contributed by atoms with Crippen molar-refractivity contribution in [2.75, 3.05) is 9.80 Å². The number of urea groups is 1. The van der Waals surface area contributed by atoms with Crippen molar-refractivity contribution in [2.24, 2.45) is 0 Å². The first-order chi connectivity index (χ1) is 11.5. The minimum atomic E-state index is -0.344. The normalized spacial score (nSPS) is 18.0. The molecule has 1 fully saturated rings. The van der Waals surface area contributed by atoms with Crippen LogP contribution in [0.1, 0.15) is 17.5 Å². The molecule has 1 saturated heterocycles. The Bertz CT molecular complexity index is 778. The summed E-state index contributed by atoms with van der Waals surface area (Å²) in [4.78, 5) is 28.5. The highest BCUT2D eigenvalue weighted by Gasteiger charge is 2.39. The lowest BCUT2D eigenvalue weighted by atomic mass is 10.1. The van der Waals surface area contributed by atoms with Crippen LogP contribution >= 0.6 is 0 Å². The SMILES string of the molecule is C=CC1CC(=O)N(c2ccc(C)cc2)C(=O)N1c1ccc(C)cc1. The summed E-state index contributed by atoms with van der Waals surface area (Å²) in [7, 11) is 0. The molecule has 1 atom stereocenters. The van der Waals surface area contributed by atoms with Crippen molar-refractivity contribution >= 4 is 23.3 Å². The van der Waals surface area contributed by atoms with Crippen LogP contribution in [0.3, 0.4) is 0 Å². The fourth-order valence-corrected chi connectivity index (χ4v) is 2.86. The average molecular weight is 320 g/mol. The van der Waals surface area contributed by atoms with Gasteiger partial charge in [0.15, 0.2) is 0 Å². The van der Waals surface area contributed by atoms with Gasteiger partial charge in [0.25, 0.3) is 0 Å². The molecule has 122 valence electrons. The van der Waals surface area contributed by atoms with Gasteiger partial charge >= 0.3 is 6.03 Å². The van der Waals surface area contributed by atoms with E-state index >= 15 is 0 Å². The highest BCUT2D eigenvalue weighted by Crippen LogP contribution is 2.29. The van der Waals surface area contributed by atoms with E-state index in [1.54, 1.807) is 23.1 Å². The number of carbonyl (C=O) groups is 2. The molecule has 3 rings (SSSR count). The maximum absolute atomic E-state index is 13.1. The van der Waals surface area contributed by atoms with Crippen molar-refractivity contribution in [2.45, 2.75) is 26.3 Å². The van der Waals surface area contributed by atoms with Gasteiger partial charge in [0.05, 0.1) is 18.2 Å². The minimum absolute atomic E-state index is 0.211. The van der Waals surface area contributed by atoms with Crippen LogP contribution in [-0.4, -0.2) is 18.0 Å². The predicted molar refractivity (Wildman–Crippen MR) is 96.3 cm³/mol. The van der Waals surface area contributed by atoms with Gasteiger partial charge in [-0.15, -0.1) is 6.58 Å². The zero-order valence-corrected chi connectivity index (χ0v) is 13.9. The molecule has 0 saturated carbocycles. The lowest BCUT2D eigenvalue weighted by Crippen LogP contribution is -2.57. The fourth-order valence-electron chi connectivity index (χ4n) is 2.86. The Balaban J connectivity index is 2.02. The Labute approximate surface area is 142 Å². The smallest absolute Gasteiger partial charge is 0.286 e. The van der Waals surface area contributed by atoms with Crippen LogP contribution in [-0.2, 0) is 4.79 Å². The number of hydrogen-bond acceptors (Lipinski definition) is 2. The zero-order valence-electron chi connectivity index (χ0n) is 13.9. The molecule has 2 aromatic rings. The Hall–Kier alpha value is -2.88. The van der Waals surface area contributed by atoms with Gasteiger partial charge in [0, 0.05) is 5.69 Å². The molecule has 0 aromatic heterocycles. The summed E-state index contributed by atoms with van der Waals surface area (Å²) < 4.78 is 0. The van der Waals surface area contributed by atoms with E-state index in [4.69, 9.17) is 0 Å². The van der Waals surface area contributed by atoms with E-state index in [0.29, 0.717) is 5.69 Å². The lowest BCUT2D eigenvalue weighted by Gasteiger charge is -2.39. The second-order valence-electron chi connectivity index (χ2n) is 6.06. The average Bonchev–Trinajstić information content (AvgIpc) is 2.57. The first-order valence-corrected chi connectivity index (χ1v) is 7.93. The number of imide groups is 1. The van der Waals surface area contributed by atoms with Gasteiger partial charge in [-0.25, -0.2) is 9.69 Å². The number of hydrogen-bond donors (Lipinski definition) is 0. The largest absolute Gasteiger partial charge is 0.336 e. The van der Waals surface area contributed by atoms with E-state index in [2.05, 4.69) is 6.58 Å². The van der Waals surface area contributed by atoms with Gasteiger partial charge in [-0.05, 0) is 38.1 Å². The molecule has 0 radical (unpaired) electrons. The molecule has 1 aliphatic heterocycles. The highest BCUT2D eigenvalue weighted by atomic mass is 16.2. The minimum Gasteiger partial charge on any atom is -0.286 e. The third-order valence-corrected chi connectivity index (χ3v) is 4.24. The van der Waals surface area contributed by atoms with Crippen LogP contribution in [0.2, 0.25) is 0 Å². The third kappa shape index (κ3) is 2.83. The van der Waals surface area contributed by atoms with E-state index in [1.165, 1.54) is 4.90 Å². The number of benzene rings is 2. The standard InChI is InChI=1S/C20H20N2O2/c1-4-16-13-19(23)22(18-11-7-15(3)8-12-18)20(24)21(16)17-9-5-14(2)6-10-17/h4-12,16H,1,13H2,2-3H3. The maximum Gasteiger partial charge on any atom is 0.336 e. The second-order valence-corrected chi connectivity index (χ2v) is 6.06. The van der Waals surface area contributed by atoms with E-state index < -0.39 is 0 Å². The summed E-state index contributed by atoms with van der Waals surface area (Å²) >= 11 is 0. The van der Waals surface area contributed by atoms with Crippen LogP contribution in [0.25, 0.3) is 0 Å². The summed E-state index contributed by atoms with van der Waals surface area (Å²) in [6.45, 7) is 7.75. The third-order valence-electron chi connectivity index (χ3n) is 4.24. The van der Waals surface area contributed by atoms with E-state index in [1.807, 2.05) is 50.2 Å². The van der Waals surface area contributed by atoms with Gasteiger partial charge in [0.2, 0.25) is 5.91 Å². The Kier molecular flexibility index (Phi) is 4.21. The monoisotopic (exact) mass is 320 g/mol. The number of amides is 3. The van der Waals surface area contributed by atoms with Gasteiger partial charge in [-0.2, -0.15) is 0 Å². The van der Waals surface area contributed by atoms with Gasteiger partial charge in [-0.3, -0.25) is 9.69 Å². The molecule has 1 unspecified atom stereocenters. The van der Waals surface area contributed by atoms with Gasteiger partial charge in [0.1, 0.15) is 0 Å². The highest BCUT2D eigenvalue weighted by molar-refractivity contribution is 6.22. The predicted octanol–water partition coefficient (Wildman–Crippen LogP) is 4.22. The summed E-state index contributed by atoms with van der Waals surface area (Å²) in [5.74, 6) is -0.211. The van der Waals surface area contributed by atoms with Crippen LogP contribution in [0.4, 0.5) is 16.2 Å². The molecular formula is C20H20N2O2. The summed E-state index contributed by atoms with van der Waals surface area (Å²) in [6, 6.07) is 14.4. The van der Waals surface area contributed by atoms with Crippen molar-refractivity contribution in [3.8, 4) is 0 Å². The molecule has 0 aliphatic carbocycles. The van der Waals surface area contributed by atoms with Crippen molar-refractivity contribution in [1.29, 1.82) is 0 Å².